The van der Waals surface area contributed by atoms with Crippen LogP contribution in [0.5, 0.6) is 0 Å². The number of hydrogen-bond donors (Lipinski definition) is 2. The summed E-state index contributed by atoms with van der Waals surface area (Å²) in [5, 5.41) is 15.9. The first-order valence-electron chi connectivity index (χ1n) is 8.40. The van der Waals surface area contributed by atoms with Crippen molar-refractivity contribution in [1.82, 2.24) is 10.3 Å². The van der Waals surface area contributed by atoms with Gasteiger partial charge in [-0.15, -0.1) is 0 Å². The van der Waals surface area contributed by atoms with E-state index in [-0.39, 0.29) is 5.91 Å². The number of carbonyl (C=O) groups is 1. The Morgan fingerprint density at radius 1 is 1.11 bits per heavy atom. The van der Waals surface area contributed by atoms with Gasteiger partial charge in [-0.25, -0.2) is 0 Å². The van der Waals surface area contributed by atoms with Crippen LogP contribution >= 0.6 is 11.6 Å². The zero-order valence-electron chi connectivity index (χ0n) is 14.4. The molecule has 0 atom stereocenters. The summed E-state index contributed by atoms with van der Waals surface area (Å²) in [5.74, 6) is -0.255. The first kappa shape index (κ1) is 18.4. The summed E-state index contributed by atoms with van der Waals surface area (Å²) in [7, 11) is 0. The molecule has 0 bridgehead atoms. The Morgan fingerprint density at radius 2 is 1.96 bits per heavy atom. The molecular weight excluding hydrogens is 360 g/mol. The van der Waals surface area contributed by atoms with Crippen LogP contribution in [0.4, 0.5) is 11.4 Å². The van der Waals surface area contributed by atoms with Crippen molar-refractivity contribution in [2.24, 2.45) is 0 Å². The molecule has 1 heterocycles. The molecule has 0 aliphatic carbocycles. The fourth-order valence-corrected chi connectivity index (χ4v) is 2.79. The van der Waals surface area contributed by atoms with Gasteiger partial charge in [0.05, 0.1) is 11.3 Å². The molecule has 3 rings (SSSR count). The molecule has 27 heavy (non-hydrogen) atoms. The molecule has 2 aromatic carbocycles. The Bertz CT molecular complexity index is 997. The van der Waals surface area contributed by atoms with Crippen LogP contribution in [0.25, 0.3) is 0 Å². The number of benzene rings is 2. The van der Waals surface area contributed by atoms with Gasteiger partial charge in [-0.2, -0.15) is 5.26 Å². The highest BCUT2D eigenvalue weighted by Gasteiger charge is 2.09. The number of nitriles is 1. The average Bonchev–Trinajstić information content (AvgIpc) is 2.68. The largest absolute Gasteiger partial charge is 0.354 e. The van der Waals surface area contributed by atoms with Crippen LogP contribution in [0, 0.1) is 11.3 Å². The van der Waals surface area contributed by atoms with Gasteiger partial charge in [0.15, 0.2) is 0 Å². The molecule has 1 amide bonds. The van der Waals surface area contributed by atoms with E-state index in [9.17, 15) is 10.1 Å². The minimum absolute atomic E-state index is 0.255. The summed E-state index contributed by atoms with van der Waals surface area (Å²) < 4.78 is 0. The third-order valence-electron chi connectivity index (χ3n) is 3.91. The van der Waals surface area contributed by atoms with E-state index in [1.165, 1.54) is 0 Å². The number of rotatable bonds is 6. The second kappa shape index (κ2) is 8.84. The smallest absolute Gasteiger partial charge is 0.269 e. The van der Waals surface area contributed by atoms with E-state index in [1.54, 1.807) is 30.5 Å². The number of aromatic nitrogens is 1. The summed E-state index contributed by atoms with van der Waals surface area (Å²) in [6.45, 7) is 0.482. The maximum Gasteiger partial charge on any atom is 0.269 e. The Hall–Kier alpha value is -3.36. The molecule has 134 valence electrons. The standard InChI is InChI=1S/C21H17ClN4O/c22-17-6-3-4-15(12-17)8-10-25-21(27)20-13-18(9-11-24-20)26-19-7-2-1-5-16(19)14-23/h1-7,9,11-13H,8,10H2,(H,24,26)(H,25,27). The number of pyridine rings is 1. The molecule has 0 aliphatic rings. The van der Waals surface area contributed by atoms with Gasteiger partial charge in [0.1, 0.15) is 11.8 Å². The van der Waals surface area contributed by atoms with Crippen molar-refractivity contribution < 1.29 is 4.79 Å². The lowest BCUT2D eigenvalue weighted by molar-refractivity contribution is 0.0949. The SMILES string of the molecule is N#Cc1ccccc1Nc1ccnc(C(=O)NCCc2cccc(Cl)c2)c1. The van der Waals surface area contributed by atoms with Crippen molar-refractivity contribution in [3.8, 4) is 6.07 Å². The minimum Gasteiger partial charge on any atom is -0.354 e. The molecule has 0 radical (unpaired) electrons. The number of hydrogen-bond acceptors (Lipinski definition) is 4. The molecule has 0 saturated carbocycles. The van der Waals surface area contributed by atoms with E-state index in [0.717, 1.165) is 5.56 Å². The number of halogens is 1. The van der Waals surface area contributed by atoms with Crippen LogP contribution < -0.4 is 10.6 Å². The summed E-state index contributed by atoms with van der Waals surface area (Å²) >= 11 is 5.96. The molecule has 6 heteroatoms. The third-order valence-corrected chi connectivity index (χ3v) is 4.14. The molecule has 0 fully saturated rings. The average molecular weight is 377 g/mol. The molecular formula is C21H17ClN4O. The van der Waals surface area contributed by atoms with Gasteiger partial charge < -0.3 is 10.6 Å². The number of nitrogens with zero attached hydrogens (tertiary/aromatic N) is 2. The van der Waals surface area contributed by atoms with E-state index in [0.29, 0.717) is 40.6 Å². The predicted octanol–water partition coefficient (Wildman–Crippen LogP) is 4.32. The van der Waals surface area contributed by atoms with Gasteiger partial charge in [0, 0.05) is 23.5 Å². The lowest BCUT2D eigenvalue weighted by Crippen LogP contribution is -2.26. The molecule has 2 N–H and O–H groups in total. The number of nitrogens with one attached hydrogen (secondary N) is 2. The molecule has 0 unspecified atom stereocenters. The van der Waals surface area contributed by atoms with Gasteiger partial charge in [-0.1, -0.05) is 35.9 Å². The quantitative estimate of drug-likeness (QED) is 0.671. The first-order chi connectivity index (χ1) is 13.2. The molecule has 5 nitrogen and oxygen atoms in total. The van der Waals surface area contributed by atoms with Crippen LogP contribution in [-0.2, 0) is 6.42 Å². The van der Waals surface area contributed by atoms with Crippen LogP contribution in [0.15, 0.2) is 66.9 Å². The first-order valence-corrected chi connectivity index (χ1v) is 8.78. The summed E-state index contributed by atoms with van der Waals surface area (Å²) in [6, 6.07) is 20.3. The van der Waals surface area contributed by atoms with Gasteiger partial charge in [-0.3, -0.25) is 9.78 Å². The van der Waals surface area contributed by atoms with Crippen molar-refractivity contribution >= 4 is 28.9 Å². The highest BCUT2D eigenvalue weighted by atomic mass is 35.5. The normalized spacial score (nSPS) is 10.1. The third kappa shape index (κ3) is 5.06. The van der Waals surface area contributed by atoms with E-state index in [4.69, 9.17) is 11.6 Å². The maximum atomic E-state index is 12.3. The topological polar surface area (TPSA) is 77.8 Å². The highest BCUT2D eigenvalue weighted by Crippen LogP contribution is 2.20. The fraction of sp³-hybridized carbons (Fsp3) is 0.0952. The molecule has 0 spiro atoms. The van der Waals surface area contributed by atoms with Gasteiger partial charge in [-0.05, 0) is 48.4 Å². The number of carbonyl (C=O) groups excluding carboxylic acids is 1. The minimum atomic E-state index is -0.255. The Balaban J connectivity index is 1.62. The summed E-state index contributed by atoms with van der Waals surface area (Å²) in [4.78, 5) is 16.5. The van der Waals surface area contributed by atoms with Gasteiger partial charge >= 0.3 is 0 Å². The van der Waals surface area contributed by atoms with Crippen LogP contribution in [-0.4, -0.2) is 17.4 Å². The number of para-hydroxylation sites is 1. The van der Waals surface area contributed by atoms with Crippen LogP contribution in [0.1, 0.15) is 21.6 Å². The molecule has 0 aliphatic heterocycles. The maximum absolute atomic E-state index is 12.3. The van der Waals surface area contributed by atoms with Crippen molar-refractivity contribution in [3.05, 3.63) is 88.7 Å². The van der Waals surface area contributed by atoms with Crippen LogP contribution in [0.3, 0.4) is 0 Å². The second-order valence-corrected chi connectivity index (χ2v) is 6.28. The number of amides is 1. The lowest BCUT2D eigenvalue weighted by Gasteiger charge is -2.10. The van der Waals surface area contributed by atoms with E-state index in [2.05, 4.69) is 21.7 Å². The molecule has 3 aromatic rings. The Kier molecular flexibility index (Phi) is 6.03. The second-order valence-electron chi connectivity index (χ2n) is 5.85. The molecule has 0 saturated heterocycles. The Morgan fingerprint density at radius 3 is 2.78 bits per heavy atom. The van der Waals surface area contributed by atoms with E-state index >= 15 is 0 Å². The fourth-order valence-electron chi connectivity index (χ4n) is 2.58. The highest BCUT2D eigenvalue weighted by molar-refractivity contribution is 6.30. The van der Waals surface area contributed by atoms with Crippen LogP contribution in [0.2, 0.25) is 5.02 Å². The van der Waals surface area contributed by atoms with E-state index < -0.39 is 0 Å². The van der Waals surface area contributed by atoms with Crippen molar-refractivity contribution in [2.75, 3.05) is 11.9 Å². The van der Waals surface area contributed by atoms with Crippen molar-refractivity contribution in [3.63, 3.8) is 0 Å². The van der Waals surface area contributed by atoms with Crippen molar-refractivity contribution in [2.45, 2.75) is 6.42 Å². The molecule has 1 aromatic heterocycles. The van der Waals surface area contributed by atoms with E-state index in [1.807, 2.05) is 36.4 Å². The van der Waals surface area contributed by atoms with Gasteiger partial charge in [0.25, 0.3) is 5.91 Å². The zero-order valence-corrected chi connectivity index (χ0v) is 15.2. The number of anilines is 2. The summed E-state index contributed by atoms with van der Waals surface area (Å²) in [6.07, 6.45) is 2.24. The van der Waals surface area contributed by atoms with Crippen molar-refractivity contribution in [1.29, 1.82) is 5.26 Å². The van der Waals surface area contributed by atoms with Gasteiger partial charge in [0.2, 0.25) is 0 Å². The Labute approximate surface area is 162 Å². The lowest BCUT2D eigenvalue weighted by atomic mass is 10.1. The predicted molar refractivity (Wildman–Crippen MR) is 106 cm³/mol. The summed E-state index contributed by atoms with van der Waals surface area (Å²) in [5.41, 5.74) is 3.26. The monoisotopic (exact) mass is 376 g/mol. The zero-order chi connectivity index (χ0) is 19.1.